The zero-order chi connectivity index (χ0) is 23.1. The molecule has 0 aromatic heterocycles. The molecule has 6 nitrogen and oxygen atoms in total. The fourth-order valence-electron chi connectivity index (χ4n) is 4.72. The zero-order valence-corrected chi connectivity index (χ0v) is 18.7. The summed E-state index contributed by atoms with van der Waals surface area (Å²) in [6, 6.07) is 3.33. The van der Waals surface area contributed by atoms with Gasteiger partial charge in [-0.25, -0.2) is 8.78 Å². The minimum absolute atomic E-state index is 0.0456. The summed E-state index contributed by atoms with van der Waals surface area (Å²) in [4.78, 5) is 41.2. The minimum atomic E-state index is -1.06. The van der Waals surface area contributed by atoms with Crippen LogP contribution in [0.25, 0.3) is 0 Å². The Morgan fingerprint density at radius 1 is 1.16 bits per heavy atom. The van der Waals surface area contributed by atoms with Gasteiger partial charge in [0.25, 0.3) is 0 Å². The summed E-state index contributed by atoms with van der Waals surface area (Å²) in [6.07, 6.45) is 4.45. The van der Waals surface area contributed by atoms with Crippen molar-refractivity contribution in [2.75, 3.05) is 32.8 Å². The number of likely N-dealkylation sites (tertiary alicyclic amines) is 2. The fraction of sp³-hybridized carbons (Fsp3) is 0.625. The van der Waals surface area contributed by atoms with Crippen molar-refractivity contribution in [3.05, 3.63) is 35.4 Å². The van der Waals surface area contributed by atoms with E-state index in [2.05, 4.69) is 0 Å². The second-order valence-electron chi connectivity index (χ2n) is 8.77. The molecule has 2 aliphatic rings. The fourth-order valence-corrected chi connectivity index (χ4v) is 4.72. The Morgan fingerprint density at radius 2 is 1.97 bits per heavy atom. The Morgan fingerprint density at radius 3 is 2.69 bits per heavy atom. The lowest BCUT2D eigenvalue weighted by molar-refractivity contribution is -0.161. The second kappa shape index (κ2) is 10.9. The standard InChI is InChI=1S/C24H32F2N2O4/c1-2-32-23(31)24(16-18-9-10-19(25)15-20(18)26)11-6-14-28(17-24)22(30)8-5-13-27-12-4-3-7-21(27)29/h9-10,15H,2-8,11-14,16-17H2,1H3/t24-/m0/s1. The Labute approximate surface area is 187 Å². The molecule has 0 N–H and O–H groups in total. The molecule has 2 fully saturated rings. The third-order valence-corrected chi connectivity index (χ3v) is 6.42. The number of ether oxygens (including phenoxy) is 1. The van der Waals surface area contributed by atoms with Gasteiger partial charge in [0, 0.05) is 45.1 Å². The number of rotatable bonds is 8. The van der Waals surface area contributed by atoms with Crippen LogP contribution in [-0.4, -0.2) is 60.4 Å². The molecule has 2 saturated heterocycles. The summed E-state index contributed by atoms with van der Waals surface area (Å²) in [7, 11) is 0. The smallest absolute Gasteiger partial charge is 0.314 e. The molecule has 8 heteroatoms. The van der Waals surface area contributed by atoms with Crippen LogP contribution in [0, 0.1) is 17.0 Å². The van der Waals surface area contributed by atoms with Crippen molar-refractivity contribution in [3.63, 3.8) is 0 Å². The van der Waals surface area contributed by atoms with E-state index in [4.69, 9.17) is 4.74 Å². The molecule has 0 bridgehead atoms. The highest BCUT2D eigenvalue weighted by atomic mass is 19.1. The lowest BCUT2D eigenvalue weighted by Gasteiger charge is -2.41. The minimum Gasteiger partial charge on any atom is -0.466 e. The van der Waals surface area contributed by atoms with E-state index >= 15 is 0 Å². The number of carbonyl (C=O) groups excluding carboxylic acids is 3. The van der Waals surface area contributed by atoms with Gasteiger partial charge in [-0.05, 0) is 57.1 Å². The number of benzene rings is 1. The van der Waals surface area contributed by atoms with E-state index < -0.39 is 23.0 Å². The van der Waals surface area contributed by atoms with Crippen LogP contribution in [0.5, 0.6) is 0 Å². The van der Waals surface area contributed by atoms with Crippen molar-refractivity contribution in [2.24, 2.45) is 5.41 Å². The van der Waals surface area contributed by atoms with Crippen molar-refractivity contribution < 1.29 is 27.9 Å². The highest BCUT2D eigenvalue weighted by Crippen LogP contribution is 2.36. The van der Waals surface area contributed by atoms with Gasteiger partial charge in [-0.2, -0.15) is 0 Å². The van der Waals surface area contributed by atoms with E-state index in [0.29, 0.717) is 38.8 Å². The molecule has 3 rings (SSSR count). The van der Waals surface area contributed by atoms with Gasteiger partial charge in [-0.3, -0.25) is 14.4 Å². The van der Waals surface area contributed by atoms with E-state index in [1.807, 2.05) is 4.90 Å². The molecule has 176 valence electrons. The quantitative estimate of drug-likeness (QED) is 0.569. The van der Waals surface area contributed by atoms with Gasteiger partial charge < -0.3 is 14.5 Å². The molecule has 0 saturated carbocycles. The third-order valence-electron chi connectivity index (χ3n) is 6.42. The first kappa shape index (κ1) is 24.1. The number of amides is 2. The Hall–Kier alpha value is -2.51. The summed E-state index contributed by atoms with van der Waals surface area (Å²) >= 11 is 0. The predicted octanol–water partition coefficient (Wildman–Crippen LogP) is 3.47. The number of hydrogen-bond acceptors (Lipinski definition) is 4. The molecular formula is C24H32F2N2O4. The van der Waals surface area contributed by atoms with E-state index in [1.54, 1.807) is 11.8 Å². The third kappa shape index (κ3) is 5.84. The molecule has 0 radical (unpaired) electrons. The Balaban J connectivity index is 1.66. The van der Waals surface area contributed by atoms with Gasteiger partial charge in [0.1, 0.15) is 11.6 Å². The van der Waals surface area contributed by atoms with Crippen LogP contribution < -0.4 is 0 Å². The predicted molar refractivity (Wildman–Crippen MR) is 115 cm³/mol. The van der Waals surface area contributed by atoms with Crippen molar-refractivity contribution in [2.45, 2.75) is 58.3 Å². The van der Waals surface area contributed by atoms with Crippen molar-refractivity contribution in [1.82, 2.24) is 9.80 Å². The molecule has 1 aromatic rings. The Kier molecular flexibility index (Phi) is 8.21. The van der Waals surface area contributed by atoms with Crippen LogP contribution >= 0.6 is 0 Å². The topological polar surface area (TPSA) is 66.9 Å². The molecular weight excluding hydrogens is 418 g/mol. The number of hydrogen-bond donors (Lipinski definition) is 0. The number of carbonyl (C=O) groups is 3. The average Bonchev–Trinajstić information content (AvgIpc) is 2.77. The zero-order valence-electron chi connectivity index (χ0n) is 18.7. The van der Waals surface area contributed by atoms with E-state index in [1.165, 1.54) is 12.1 Å². The van der Waals surface area contributed by atoms with Crippen LogP contribution in [0.1, 0.15) is 57.4 Å². The van der Waals surface area contributed by atoms with Crippen molar-refractivity contribution in [3.8, 4) is 0 Å². The molecule has 1 aromatic carbocycles. The van der Waals surface area contributed by atoms with Crippen molar-refractivity contribution >= 4 is 17.8 Å². The number of nitrogens with zero attached hydrogens (tertiary/aromatic N) is 2. The highest BCUT2D eigenvalue weighted by Gasteiger charge is 2.45. The summed E-state index contributed by atoms with van der Waals surface area (Å²) in [5.41, 5.74) is -0.830. The maximum atomic E-state index is 14.4. The maximum Gasteiger partial charge on any atom is 0.314 e. The largest absolute Gasteiger partial charge is 0.466 e. The number of esters is 1. The van der Waals surface area contributed by atoms with E-state index in [9.17, 15) is 23.2 Å². The Bertz CT molecular complexity index is 847. The molecule has 0 spiro atoms. The molecule has 32 heavy (non-hydrogen) atoms. The van der Waals surface area contributed by atoms with E-state index in [-0.39, 0.29) is 43.4 Å². The van der Waals surface area contributed by atoms with Gasteiger partial charge in [0.2, 0.25) is 11.8 Å². The first-order valence-corrected chi connectivity index (χ1v) is 11.5. The monoisotopic (exact) mass is 450 g/mol. The van der Waals surface area contributed by atoms with Crippen LogP contribution in [-0.2, 0) is 25.5 Å². The average molecular weight is 451 g/mol. The van der Waals surface area contributed by atoms with Gasteiger partial charge >= 0.3 is 5.97 Å². The molecule has 2 amide bonds. The SMILES string of the molecule is CCOC(=O)[C@]1(Cc2ccc(F)cc2F)CCCN(C(=O)CCCN2CCCCC2=O)C1. The summed E-state index contributed by atoms with van der Waals surface area (Å²) in [5.74, 6) is -1.78. The van der Waals surface area contributed by atoms with Crippen LogP contribution in [0.15, 0.2) is 18.2 Å². The molecule has 1 atom stereocenters. The number of piperidine rings is 2. The van der Waals surface area contributed by atoms with Crippen LogP contribution in [0.4, 0.5) is 8.78 Å². The lowest BCUT2D eigenvalue weighted by atomic mass is 9.74. The van der Waals surface area contributed by atoms with E-state index in [0.717, 1.165) is 25.5 Å². The summed E-state index contributed by atoms with van der Waals surface area (Å²) < 4.78 is 33.0. The number of halogens is 2. The summed E-state index contributed by atoms with van der Waals surface area (Å²) in [5, 5.41) is 0. The summed E-state index contributed by atoms with van der Waals surface area (Å²) in [6.45, 7) is 3.86. The normalized spacial score (nSPS) is 21.5. The van der Waals surface area contributed by atoms with Gasteiger partial charge in [-0.1, -0.05) is 6.07 Å². The van der Waals surface area contributed by atoms with Gasteiger partial charge in [0.05, 0.1) is 12.0 Å². The second-order valence-corrected chi connectivity index (χ2v) is 8.77. The first-order valence-electron chi connectivity index (χ1n) is 11.5. The van der Waals surface area contributed by atoms with Crippen molar-refractivity contribution in [1.29, 1.82) is 0 Å². The lowest BCUT2D eigenvalue weighted by Crippen LogP contribution is -2.51. The van der Waals surface area contributed by atoms with Crippen LogP contribution in [0.2, 0.25) is 0 Å². The molecule has 0 aliphatic carbocycles. The van der Waals surface area contributed by atoms with Crippen LogP contribution in [0.3, 0.4) is 0 Å². The highest BCUT2D eigenvalue weighted by molar-refractivity contribution is 5.81. The maximum absolute atomic E-state index is 14.4. The molecule has 2 aliphatic heterocycles. The molecule has 0 unspecified atom stereocenters. The first-order chi connectivity index (χ1) is 15.3. The van der Waals surface area contributed by atoms with Gasteiger partial charge in [0.15, 0.2) is 0 Å². The van der Waals surface area contributed by atoms with Gasteiger partial charge in [-0.15, -0.1) is 0 Å². The molecule has 2 heterocycles.